The van der Waals surface area contributed by atoms with Gasteiger partial charge in [-0.05, 0) is 0 Å². The lowest BCUT2D eigenvalue weighted by atomic mass is 10.4. The van der Waals surface area contributed by atoms with Crippen molar-refractivity contribution in [2.75, 3.05) is 13.2 Å². The maximum absolute atomic E-state index is 10.5. The monoisotopic (exact) mass is 254 g/mol. The highest BCUT2D eigenvalue weighted by Crippen LogP contribution is 1.92. The van der Waals surface area contributed by atoms with Gasteiger partial charge in [-0.25, -0.2) is 0 Å². The van der Waals surface area contributed by atoms with Crippen molar-refractivity contribution in [1.82, 2.24) is 20.4 Å². The predicted octanol–water partition coefficient (Wildman–Crippen LogP) is -0.522. The van der Waals surface area contributed by atoms with Gasteiger partial charge in [-0.2, -0.15) is 0 Å². The molecule has 0 fully saturated rings. The number of hydrogen-bond acceptors (Lipinski definition) is 8. The summed E-state index contributed by atoms with van der Waals surface area (Å²) in [4.78, 5) is 21.1. The Labute approximate surface area is 104 Å². The largest absolute Gasteiger partial charge is 0.465 e. The van der Waals surface area contributed by atoms with Crippen LogP contribution in [0.4, 0.5) is 0 Å². The van der Waals surface area contributed by atoms with Gasteiger partial charge in [0.05, 0.1) is 13.2 Å². The summed E-state index contributed by atoms with van der Waals surface area (Å²) >= 11 is 0. The van der Waals surface area contributed by atoms with Gasteiger partial charge in [0, 0.05) is 26.7 Å². The Kier molecular flexibility index (Phi) is 5.62. The van der Waals surface area contributed by atoms with Gasteiger partial charge < -0.3 is 9.47 Å². The van der Waals surface area contributed by atoms with Gasteiger partial charge in [-0.3, -0.25) is 9.59 Å². The van der Waals surface area contributed by atoms with Crippen LogP contribution in [-0.4, -0.2) is 45.5 Å². The number of nitrogens with zero attached hydrogens (tertiary/aromatic N) is 4. The Bertz CT molecular complexity index is 368. The molecule has 0 aliphatic carbocycles. The minimum absolute atomic E-state index is 0.200. The number of carbonyl (C=O) groups excluding carboxylic acids is 2. The van der Waals surface area contributed by atoms with E-state index in [0.717, 1.165) is 0 Å². The summed E-state index contributed by atoms with van der Waals surface area (Å²) in [6, 6.07) is 0. The summed E-state index contributed by atoms with van der Waals surface area (Å²) in [5, 5.41) is 15.3. The van der Waals surface area contributed by atoms with Crippen molar-refractivity contribution in [2.24, 2.45) is 0 Å². The van der Waals surface area contributed by atoms with Crippen LogP contribution in [0.1, 0.15) is 25.5 Å². The summed E-state index contributed by atoms with van der Waals surface area (Å²) in [7, 11) is 0. The predicted molar refractivity (Wildman–Crippen MR) is 58.3 cm³/mol. The first-order valence-corrected chi connectivity index (χ1v) is 5.40. The zero-order chi connectivity index (χ0) is 13.4. The van der Waals surface area contributed by atoms with Crippen molar-refractivity contribution >= 4 is 11.9 Å². The number of hydrogen-bond donors (Lipinski definition) is 0. The number of aromatic nitrogens is 4. The molecule has 0 saturated carbocycles. The Morgan fingerprint density at radius 3 is 1.44 bits per heavy atom. The lowest BCUT2D eigenvalue weighted by Gasteiger charge is -2.01. The van der Waals surface area contributed by atoms with Crippen molar-refractivity contribution in [2.45, 2.75) is 26.7 Å². The molecule has 0 radical (unpaired) electrons. The average molecular weight is 254 g/mol. The molecule has 98 valence electrons. The number of ether oxygens (including phenoxy) is 2. The van der Waals surface area contributed by atoms with E-state index in [1.54, 1.807) is 0 Å². The van der Waals surface area contributed by atoms with Crippen LogP contribution in [-0.2, 0) is 31.9 Å². The van der Waals surface area contributed by atoms with E-state index in [1.807, 2.05) is 0 Å². The first-order valence-electron chi connectivity index (χ1n) is 5.40. The molecular formula is C10H14N4O4. The third-order valence-electron chi connectivity index (χ3n) is 1.82. The molecule has 18 heavy (non-hydrogen) atoms. The molecular weight excluding hydrogens is 240 g/mol. The fourth-order valence-corrected chi connectivity index (χ4v) is 1.04. The van der Waals surface area contributed by atoms with Gasteiger partial charge in [0.15, 0.2) is 11.6 Å². The molecule has 0 saturated heterocycles. The van der Waals surface area contributed by atoms with E-state index in [4.69, 9.17) is 9.47 Å². The standard InChI is InChI=1S/C10H14N4O4/c1-7(15)17-5-3-9-11-13-10(14-12-9)4-6-18-8(2)16/h3-6H2,1-2H3. The minimum atomic E-state index is -0.353. The summed E-state index contributed by atoms with van der Waals surface area (Å²) < 4.78 is 9.47. The van der Waals surface area contributed by atoms with Crippen molar-refractivity contribution in [3.63, 3.8) is 0 Å². The highest BCUT2D eigenvalue weighted by atomic mass is 16.5. The fraction of sp³-hybridized carbons (Fsp3) is 0.600. The van der Waals surface area contributed by atoms with E-state index >= 15 is 0 Å². The average Bonchev–Trinajstić information content (AvgIpc) is 2.30. The third kappa shape index (κ3) is 5.83. The first-order chi connectivity index (χ1) is 8.58. The molecule has 0 amide bonds. The van der Waals surface area contributed by atoms with Crippen LogP contribution in [0.15, 0.2) is 0 Å². The van der Waals surface area contributed by atoms with E-state index in [-0.39, 0.29) is 25.2 Å². The normalized spacial score (nSPS) is 9.89. The maximum atomic E-state index is 10.5. The Morgan fingerprint density at radius 2 is 1.17 bits per heavy atom. The molecule has 8 heteroatoms. The zero-order valence-corrected chi connectivity index (χ0v) is 10.3. The quantitative estimate of drug-likeness (QED) is 0.624. The van der Waals surface area contributed by atoms with Gasteiger partial charge >= 0.3 is 11.9 Å². The van der Waals surface area contributed by atoms with Gasteiger partial charge in [-0.1, -0.05) is 0 Å². The van der Waals surface area contributed by atoms with Crippen molar-refractivity contribution < 1.29 is 19.1 Å². The van der Waals surface area contributed by atoms with Crippen LogP contribution in [0.25, 0.3) is 0 Å². The second-order valence-corrected chi connectivity index (χ2v) is 3.41. The van der Waals surface area contributed by atoms with Crippen molar-refractivity contribution in [3.05, 3.63) is 11.6 Å². The third-order valence-corrected chi connectivity index (χ3v) is 1.82. The minimum Gasteiger partial charge on any atom is -0.465 e. The summed E-state index contributed by atoms with van der Waals surface area (Å²) in [6.45, 7) is 3.06. The molecule has 0 aliphatic heterocycles. The van der Waals surface area contributed by atoms with Gasteiger partial charge in [0.2, 0.25) is 0 Å². The molecule has 0 bridgehead atoms. The van der Waals surface area contributed by atoms with Gasteiger partial charge in [-0.15, -0.1) is 20.4 Å². The van der Waals surface area contributed by atoms with Crippen molar-refractivity contribution in [1.29, 1.82) is 0 Å². The van der Waals surface area contributed by atoms with E-state index in [1.165, 1.54) is 13.8 Å². The van der Waals surface area contributed by atoms with Gasteiger partial charge in [0.25, 0.3) is 0 Å². The van der Waals surface area contributed by atoms with E-state index in [0.29, 0.717) is 24.5 Å². The van der Waals surface area contributed by atoms with Crippen LogP contribution in [0.3, 0.4) is 0 Å². The SMILES string of the molecule is CC(=O)OCCc1nnc(CCOC(C)=O)nn1. The molecule has 0 spiro atoms. The molecule has 1 aromatic rings. The summed E-state index contributed by atoms with van der Waals surface area (Å²) in [6.07, 6.45) is 0.730. The van der Waals surface area contributed by atoms with Gasteiger partial charge in [0.1, 0.15) is 0 Å². The lowest BCUT2D eigenvalue weighted by molar-refractivity contribution is -0.141. The van der Waals surface area contributed by atoms with E-state index in [2.05, 4.69) is 20.4 Å². The highest BCUT2D eigenvalue weighted by molar-refractivity contribution is 5.66. The molecule has 1 rings (SSSR count). The summed E-state index contributed by atoms with van der Waals surface area (Å²) in [5.41, 5.74) is 0. The Balaban J connectivity index is 2.33. The Morgan fingerprint density at radius 1 is 0.833 bits per heavy atom. The first kappa shape index (κ1) is 13.9. The van der Waals surface area contributed by atoms with Crippen LogP contribution in [0.5, 0.6) is 0 Å². The van der Waals surface area contributed by atoms with E-state index in [9.17, 15) is 9.59 Å². The lowest BCUT2D eigenvalue weighted by Crippen LogP contribution is -2.12. The maximum Gasteiger partial charge on any atom is 0.302 e. The topological polar surface area (TPSA) is 104 Å². The zero-order valence-electron chi connectivity index (χ0n) is 10.3. The molecule has 0 unspecified atom stereocenters. The number of esters is 2. The van der Waals surface area contributed by atoms with Crippen molar-refractivity contribution in [3.8, 4) is 0 Å². The second-order valence-electron chi connectivity index (χ2n) is 3.41. The molecule has 0 N–H and O–H groups in total. The molecule has 8 nitrogen and oxygen atoms in total. The molecule has 0 aliphatic rings. The molecule has 0 aromatic carbocycles. The second kappa shape index (κ2) is 7.25. The fourth-order valence-electron chi connectivity index (χ4n) is 1.04. The molecule has 0 atom stereocenters. The van der Waals surface area contributed by atoms with Crippen LogP contribution in [0, 0.1) is 0 Å². The number of rotatable bonds is 6. The summed E-state index contributed by atoms with van der Waals surface area (Å²) in [5.74, 6) is 0.0859. The highest BCUT2D eigenvalue weighted by Gasteiger charge is 2.03. The molecule has 1 aromatic heterocycles. The smallest absolute Gasteiger partial charge is 0.302 e. The van der Waals surface area contributed by atoms with Crippen LogP contribution >= 0.6 is 0 Å². The number of carbonyl (C=O) groups is 2. The Hall–Kier alpha value is -2.12. The molecule has 1 heterocycles. The van der Waals surface area contributed by atoms with Crippen LogP contribution < -0.4 is 0 Å². The van der Waals surface area contributed by atoms with E-state index < -0.39 is 0 Å². The van der Waals surface area contributed by atoms with Crippen LogP contribution in [0.2, 0.25) is 0 Å².